The quantitative estimate of drug-likeness (QED) is 0.720. The standard InChI is InChI=1S/C10H19NO3S/c1-3-10(12)11-6-4-9(5-7-11)8-15(2,13)14/h9H,3-8H2,1-2H3. The minimum atomic E-state index is -2.87. The van der Waals surface area contributed by atoms with E-state index in [1.165, 1.54) is 6.26 Å². The van der Waals surface area contributed by atoms with Gasteiger partial charge in [-0.15, -0.1) is 0 Å². The maximum absolute atomic E-state index is 11.4. The van der Waals surface area contributed by atoms with Crippen molar-refractivity contribution < 1.29 is 13.2 Å². The van der Waals surface area contributed by atoms with Crippen molar-refractivity contribution in [2.75, 3.05) is 25.1 Å². The molecule has 0 aliphatic carbocycles. The van der Waals surface area contributed by atoms with Crippen molar-refractivity contribution in [1.29, 1.82) is 0 Å². The Kier molecular flexibility index (Phi) is 4.13. The Morgan fingerprint density at radius 2 is 1.87 bits per heavy atom. The molecule has 0 unspecified atom stereocenters. The minimum Gasteiger partial charge on any atom is -0.343 e. The van der Waals surface area contributed by atoms with Crippen LogP contribution in [0.3, 0.4) is 0 Å². The highest BCUT2D eigenvalue weighted by Crippen LogP contribution is 2.19. The van der Waals surface area contributed by atoms with Crippen LogP contribution in [0.1, 0.15) is 26.2 Å². The van der Waals surface area contributed by atoms with Crippen LogP contribution < -0.4 is 0 Å². The molecule has 5 heteroatoms. The largest absolute Gasteiger partial charge is 0.343 e. The van der Waals surface area contributed by atoms with Crippen LogP contribution in [-0.4, -0.2) is 44.3 Å². The molecule has 0 aromatic heterocycles. The first-order valence-corrected chi connectivity index (χ1v) is 7.44. The lowest BCUT2D eigenvalue weighted by atomic mass is 9.99. The van der Waals surface area contributed by atoms with Crippen LogP contribution in [0.25, 0.3) is 0 Å². The molecule has 1 amide bonds. The molecule has 0 atom stereocenters. The molecule has 1 aliphatic heterocycles. The van der Waals surface area contributed by atoms with Gasteiger partial charge in [0.2, 0.25) is 5.91 Å². The van der Waals surface area contributed by atoms with Crippen LogP contribution in [0.5, 0.6) is 0 Å². The minimum absolute atomic E-state index is 0.174. The third-order valence-electron chi connectivity index (χ3n) is 2.81. The summed E-state index contributed by atoms with van der Waals surface area (Å²) in [7, 11) is -2.87. The predicted molar refractivity (Wildman–Crippen MR) is 59.3 cm³/mol. The van der Waals surface area contributed by atoms with E-state index in [0.29, 0.717) is 19.5 Å². The fourth-order valence-electron chi connectivity index (χ4n) is 2.00. The zero-order valence-corrected chi connectivity index (χ0v) is 10.2. The SMILES string of the molecule is CCC(=O)N1CCC(CS(C)(=O)=O)CC1. The third kappa shape index (κ3) is 4.20. The number of carbonyl (C=O) groups excluding carboxylic acids is 1. The number of likely N-dealkylation sites (tertiary alicyclic amines) is 1. The molecule has 1 saturated heterocycles. The molecule has 0 aromatic carbocycles. The molecule has 0 bridgehead atoms. The van der Waals surface area contributed by atoms with Crippen molar-refractivity contribution in [3.05, 3.63) is 0 Å². The first-order chi connectivity index (χ1) is 6.92. The van der Waals surface area contributed by atoms with Gasteiger partial charge in [0.1, 0.15) is 9.84 Å². The predicted octanol–water partition coefficient (Wildman–Crippen LogP) is 0.680. The number of sulfone groups is 1. The molecule has 88 valence electrons. The van der Waals surface area contributed by atoms with Crippen LogP contribution in [0.15, 0.2) is 0 Å². The van der Waals surface area contributed by atoms with E-state index < -0.39 is 9.84 Å². The maximum atomic E-state index is 11.4. The summed E-state index contributed by atoms with van der Waals surface area (Å²) >= 11 is 0. The fourth-order valence-corrected chi connectivity index (χ4v) is 3.19. The monoisotopic (exact) mass is 233 g/mol. The van der Waals surface area contributed by atoms with Gasteiger partial charge >= 0.3 is 0 Å². The van der Waals surface area contributed by atoms with E-state index in [1.807, 2.05) is 11.8 Å². The van der Waals surface area contributed by atoms with Crippen molar-refractivity contribution in [1.82, 2.24) is 4.90 Å². The van der Waals surface area contributed by atoms with Gasteiger partial charge < -0.3 is 4.90 Å². The molecule has 1 aliphatic rings. The van der Waals surface area contributed by atoms with Gasteiger partial charge in [-0.1, -0.05) is 6.92 Å². The van der Waals surface area contributed by atoms with E-state index in [1.54, 1.807) is 0 Å². The van der Waals surface area contributed by atoms with E-state index in [2.05, 4.69) is 0 Å². The van der Waals surface area contributed by atoms with Crippen LogP contribution in [0.4, 0.5) is 0 Å². The molecule has 0 saturated carbocycles. The summed E-state index contributed by atoms with van der Waals surface area (Å²) < 4.78 is 22.2. The van der Waals surface area contributed by atoms with Gasteiger partial charge in [-0.05, 0) is 18.8 Å². The van der Waals surface area contributed by atoms with E-state index in [-0.39, 0.29) is 17.6 Å². The summed E-state index contributed by atoms with van der Waals surface area (Å²) in [6, 6.07) is 0. The lowest BCUT2D eigenvalue weighted by molar-refractivity contribution is -0.132. The van der Waals surface area contributed by atoms with Crippen LogP contribution in [0, 0.1) is 5.92 Å². The molecular weight excluding hydrogens is 214 g/mol. The van der Waals surface area contributed by atoms with Crippen LogP contribution in [0.2, 0.25) is 0 Å². The topological polar surface area (TPSA) is 54.5 Å². The Labute approximate surface area is 91.6 Å². The average molecular weight is 233 g/mol. The summed E-state index contributed by atoms with van der Waals surface area (Å²) in [5, 5.41) is 0. The Hall–Kier alpha value is -0.580. The number of amides is 1. The number of rotatable bonds is 3. The number of hydrogen-bond donors (Lipinski definition) is 0. The second-order valence-electron chi connectivity index (χ2n) is 4.27. The van der Waals surface area contributed by atoms with Crippen molar-refractivity contribution >= 4 is 15.7 Å². The maximum Gasteiger partial charge on any atom is 0.222 e. The van der Waals surface area contributed by atoms with Crippen molar-refractivity contribution in [2.24, 2.45) is 5.92 Å². The Balaban J connectivity index is 2.39. The molecule has 0 radical (unpaired) electrons. The zero-order valence-electron chi connectivity index (χ0n) is 9.40. The van der Waals surface area contributed by atoms with Crippen molar-refractivity contribution in [3.8, 4) is 0 Å². The molecule has 0 N–H and O–H groups in total. The van der Waals surface area contributed by atoms with Crippen LogP contribution in [-0.2, 0) is 14.6 Å². The van der Waals surface area contributed by atoms with E-state index >= 15 is 0 Å². The molecule has 0 spiro atoms. The molecule has 0 aromatic rings. The van der Waals surface area contributed by atoms with E-state index in [0.717, 1.165) is 12.8 Å². The first kappa shape index (κ1) is 12.5. The Morgan fingerprint density at radius 1 is 1.33 bits per heavy atom. The second-order valence-corrected chi connectivity index (χ2v) is 6.45. The number of piperidine rings is 1. The zero-order chi connectivity index (χ0) is 11.5. The van der Waals surface area contributed by atoms with Gasteiger partial charge in [0.15, 0.2) is 0 Å². The fraction of sp³-hybridized carbons (Fsp3) is 0.900. The summed E-state index contributed by atoms with van der Waals surface area (Å²) in [6.07, 6.45) is 3.45. The Morgan fingerprint density at radius 3 is 2.27 bits per heavy atom. The lowest BCUT2D eigenvalue weighted by Gasteiger charge is -2.31. The first-order valence-electron chi connectivity index (χ1n) is 5.38. The van der Waals surface area contributed by atoms with Crippen molar-refractivity contribution in [2.45, 2.75) is 26.2 Å². The highest BCUT2D eigenvalue weighted by atomic mass is 32.2. The second kappa shape index (κ2) is 4.96. The van der Waals surface area contributed by atoms with Gasteiger partial charge in [-0.2, -0.15) is 0 Å². The highest BCUT2D eigenvalue weighted by molar-refractivity contribution is 7.90. The lowest BCUT2D eigenvalue weighted by Crippen LogP contribution is -2.39. The molecule has 1 heterocycles. The number of hydrogen-bond acceptors (Lipinski definition) is 3. The highest BCUT2D eigenvalue weighted by Gasteiger charge is 2.24. The smallest absolute Gasteiger partial charge is 0.222 e. The van der Waals surface area contributed by atoms with Crippen LogP contribution >= 0.6 is 0 Å². The third-order valence-corrected chi connectivity index (χ3v) is 3.89. The summed E-state index contributed by atoms with van der Waals surface area (Å²) in [5.41, 5.74) is 0. The number of nitrogens with zero attached hydrogens (tertiary/aromatic N) is 1. The van der Waals surface area contributed by atoms with Gasteiger partial charge in [0.05, 0.1) is 5.75 Å². The van der Waals surface area contributed by atoms with Gasteiger partial charge in [0, 0.05) is 25.8 Å². The number of carbonyl (C=O) groups is 1. The molecule has 4 nitrogen and oxygen atoms in total. The van der Waals surface area contributed by atoms with Gasteiger partial charge in [0.25, 0.3) is 0 Å². The molecule has 1 rings (SSSR count). The summed E-state index contributed by atoms with van der Waals surface area (Å²) in [4.78, 5) is 13.2. The summed E-state index contributed by atoms with van der Waals surface area (Å²) in [6.45, 7) is 3.28. The van der Waals surface area contributed by atoms with E-state index in [4.69, 9.17) is 0 Å². The van der Waals surface area contributed by atoms with E-state index in [9.17, 15) is 13.2 Å². The molecule has 15 heavy (non-hydrogen) atoms. The Bertz CT molecular complexity index is 316. The molecule has 1 fully saturated rings. The summed E-state index contributed by atoms with van der Waals surface area (Å²) in [5.74, 6) is 0.676. The normalized spacial score (nSPS) is 19.2. The van der Waals surface area contributed by atoms with Gasteiger partial charge in [-0.3, -0.25) is 4.79 Å². The van der Waals surface area contributed by atoms with Gasteiger partial charge in [-0.25, -0.2) is 8.42 Å². The molecular formula is C10H19NO3S. The average Bonchev–Trinajstić information content (AvgIpc) is 2.15. The van der Waals surface area contributed by atoms with Crippen molar-refractivity contribution in [3.63, 3.8) is 0 Å².